The van der Waals surface area contributed by atoms with E-state index in [1.807, 2.05) is 11.6 Å². The molecule has 1 aromatic rings. The SMILES string of the molecule is CCN(CCBr)Cc1c(Cl)c(C)nn1CC. The van der Waals surface area contributed by atoms with Crippen LogP contribution in [0.1, 0.15) is 25.2 Å². The zero-order valence-corrected chi connectivity index (χ0v) is 12.5. The Kier molecular flexibility index (Phi) is 5.79. The van der Waals surface area contributed by atoms with Crippen molar-refractivity contribution >= 4 is 27.5 Å². The van der Waals surface area contributed by atoms with Gasteiger partial charge >= 0.3 is 0 Å². The van der Waals surface area contributed by atoms with E-state index in [2.05, 4.69) is 39.8 Å². The van der Waals surface area contributed by atoms with E-state index in [4.69, 9.17) is 11.6 Å². The molecule has 92 valence electrons. The zero-order chi connectivity index (χ0) is 12.1. The van der Waals surface area contributed by atoms with E-state index in [0.29, 0.717) is 0 Å². The average Bonchev–Trinajstić information content (AvgIpc) is 2.55. The summed E-state index contributed by atoms with van der Waals surface area (Å²) in [6.45, 7) is 10.0. The number of alkyl halides is 1. The minimum Gasteiger partial charge on any atom is -0.297 e. The summed E-state index contributed by atoms with van der Waals surface area (Å²) in [5.41, 5.74) is 2.05. The first-order chi connectivity index (χ1) is 7.63. The van der Waals surface area contributed by atoms with Crippen LogP contribution in [-0.2, 0) is 13.1 Å². The fourth-order valence-electron chi connectivity index (χ4n) is 1.70. The van der Waals surface area contributed by atoms with Crippen LogP contribution >= 0.6 is 27.5 Å². The Morgan fingerprint density at radius 1 is 1.44 bits per heavy atom. The van der Waals surface area contributed by atoms with Crippen molar-refractivity contribution in [3.63, 3.8) is 0 Å². The molecule has 0 aliphatic rings. The van der Waals surface area contributed by atoms with Crippen LogP contribution in [0, 0.1) is 6.92 Å². The molecule has 0 aliphatic carbocycles. The van der Waals surface area contributed by atoms with Crippen molar-refractivity contribution in [1.82, 2.24) is 14.7 Å². The largest absolute Gasteiger partial charge is 0.297 e. The summed E-state index contributed by atoms with van der Waals surface area (Å²) in [5, 5.41) is 6.22. The van der Waals surface area contributed by atoms with Gasteiger partial charge in [0.05, 0.1) is 16.4 Å². The van der Waals surface area contributed by atoms with E-state index in [1.54, 1.807) is 0 Å². The second-order valence-corrected chi connectivity index (χ2v) is 4.89. The zero-order valence-electron chi connectivity index (χ0n) is 10.1. The topological polar surface area (TPSA) is 21.1 Å². The van der Waals surface area contributed by atoms with Gasteiger partial charge in [-0.05, 0) is 20.4 Å². The molecule has 0 saturated heterocycles. The van der Waals surface area contributed by atoms with Crippen molar-refractivity contribution in [2.75, 3.05) is 18.4 Å². The predicted octanol–water partition coefficient (Wildman–Crippen LogP) is 3.08. The summed E-state index contributed by atoms with van der Waals surface area (Å²) in [7, 11) is 0. The predicted molar refractivity (Wildman–Crippen MR) is 72.4 cm³/mol. The van der Waals surface area contributed by atoms with Crippen LogP contribution in [0.5, 0.6) is 0 Å². The van der Waals surface area contributed by atoms with Gasteiger partial charge in [-0.3, -0.25) is 9.58 Å². The lowest BCUT2D eigenvalue weighted by atomic mass is 10.3. The van der Waals surface area contributed by atoms with E-state index < -0.39 is 0 Å². The van der Waals surface area contributed by atoms with Gasteiger partial charge in [0.1, 0.15) is 0 Å². The Morgan fingerprint density at radius 2 is 2.12 bits per heavy atom. The molecule has 1 aromatic heterocycles. The van der Waals surface area contributed by atoms with Crippen molar-refractivity contribution in [2.24, 2.45) is 0 Å². The molecule has 0 bridgehead atoms. The third-order valence-electron chi connectivity index (χ3n) is 2.67. The van der Waals surface area contributed by atoms with Gasteiger partial charge in [-0.1, -0.05) is 34.5 Å². The lowest BCUT2D eigenvalue weighted by Crippen LogP contribution is -2.26. The van der Waals surface area contributed by atoms with Crippen LogP contribution in [0.15, 0.2) is 0 Å². The molecule has 1 rings (SSSR count). The highest BCUT2D eigenvalue weighted by atomic mass is 79.9. The lowest BCUT2D eigenvalue weighted by Gasteiger charge is -2.19. The molecule has 0 atom stereocenters. The molecule has 1 heterocycles. The van der Waals surface area contributed by atoms with Crippen LogP contribution < -0.4 is 0 Å². The summed E-state index contributed by atoms with van der Waals surface area (Å²) in [5.74, 6) is 0. The number of hydrogen-bond acceptors (Lipinski definition) is 2. The number of hydrogen-bond donors (Lipinski definition) is 0. The molecule has 0 unspecified atom stereocenters. The van der Waals surface area contributed by atoms with Crippen molar-refractivity contribution < 1.29 is 0 Å². The third-order valence-corrected chi connectivity index (χ3v) is 3.52. The average molecular weight is 309 g/mol. The summed E-state index contributed by atoms with van der Waals surface area (Å²) in [6.07, 6.45) is 0. The van der Waals surface area contributed by atoms with Crippen LogP contribution in [0.2, 0.25) is 5.02 Å². The Labute approximate surface area is 111 Å². The molecule has 5 heteroatoms. The van der Waals surface area contributed by atoms with E-state index in [0.717, 1.165) is 47.9 Å². The molecule has 3 nitrogen and oxygen atoms in total. The van der Waals surface area contributed by atoms with Crippen LogP contribution in [-0.4, -0.2) is 33.1 Å². The number of nitrogens with zero attached hydrogens (tertiary/aromatic N) is 3. The van der Waals surface area contributed by atoms with Crippen LogP contribution in [0.25, 0.3) is 0 Å². The molecule has 0 aromatic carbocycles. The van der Waals surface area contributed by atoms with Gasteiger partial charge in [0, 0.05) is 25.0 Å². The van der Waals surface area contributed by atoms with Gasteiger partial charge in [0.2, 0.25) is 0 Å². The Balaban J connectivity index is 2.85. The van der Waals surface area contributed by atoms with E-state index in [1.165, 1.54) is 0 Å². The maximum absolute atomic E-state index is 6.27. The molecule has 0 N–H and O–H groups in total. The summed E-state index contributed by atoms with van der Waals surface area (Å²) in [6, 6.07) is 0. The highest BCUT2D eigenvalue weighted by Crippen LogP contribution is 2.21. The minimum atomic E-state index is 0.815. The third kappa shape index (κ3) is 3.22. The van der Waals surface area contributed by atoms with Gasteiger partial charge in [0.25, 0.3) is 0 Å². The highest BCUT2D eigenvalue weighted by molar-refractivity contribution is 9.09. The first-order valence-electron chi connectivity index (χ1n) is 5.64. The van der Waals surface area contributed by atoms with Gasteiger partial charge in [0.15, 0.2) is 0 Å². The molecule has 16 heavy (non-hydrogen) atoms. The quantitative estimate of drug-likeness (QED) is 0.753. The second-order valence-electron chi connectivity index (χ2n) is 3.72. The van der Waals surface area contributed by atoms with Crippen LogP contribution in [0.4, 0.5) is 0 Å². The Hall–Kier alpha value is -0.0600. The van der Waals surface area contributed by atoms with Crippen LogP contribution in [0.3, 0.4) is 0 Å². The number of halogens is 2. The van der Waals surface area contributed by atoms with Crippen molar-refractivity contribution in [2.45, 2.75) is 33.9 Å². The number of aromatic nitrogens is 2. The normalized spacial score (nSPS) is 11.4. The summed E-state index contributed by atoms with van der Waals surface area (Å²) >= 11 is 9.74. The second kappa shape index (κ2) is 6.62. The molecule has 0 radical (unpaired) electrons. The molecule has 0 aliphatic heterocycles. The molecule has 0 amide bonds. The Bertz CT molecular complexity index is 338. The maximum atomic E-state index is 6.27. The standard InChI is InChI=1S/C11H19BrClN3/c1-4-15(7-6-12)8-10-11(13)9(3)14-16(10)5-2/h4-8H2,1-3H3. The van der Waals surface area contributed by atoms with Crippen molar-refractivity contribution in [1.29, 1.82) is 0 Å². The fraction of sp³-hybridized carbons (Fsp3) is 0.727. The Morgan fingerprint density at radius 3 is 2.62 bits per heavy atom. The number of aryl methyl sites for hydroxylation is 2. The molecule has 0 spiro atoms. The minimum absolute atomic E-state index is 0.815. The van der Waals surface area contributed by atoms with Crippen molar-refractivity contribution in [3.8, 4) is 0 Å². The first kappa shape index (κ1) is 14.0. The molecular formula is C11H19BrClN3. The molecule has 0 saturated carbocycles. The van der Waals surface area contributed by atoms with Gasteiger partial charge in [-0.25, -0.2) is 0 Å². The van der Waals surface area contributed by atoms with E-state index in [9.17, 15) is 0 Å². The maximum Gasteiger partial charge on any atom is 0.0860 e. The highest BCUT2D eigenvalue weighted by Gasteiger charge is 2.14. The van der Waals surface area contributed by atoms with E-state index in [-0.39, 0.29) is 0 Å². The van der Waals surface area contributed by atoms with E-state index >= 15 is 0 Å². The van der Waals surface area contributed by atoms with Gasteiger partial charge in [-0.15, -0.1) is 0 Å². The molecular weight excluding hydrogens is 289 g/mol. The monoisotopic (exact) mass is 307 g/mol. The van der Waals surface area contributed by atoms with Gasteiger partial charge < -0.3 is 0 Å². The number of rotatable bonds is 6. The lowest BCUT2D eigenvalue weighted by molar-refractivity contribution is 0.289. The van der Waals surface area contributed by atoms with Crippen molar-refractivity contribution in [3.05, 3.63) is 16.4 Å². The molecule has 0 fully saturated rings. The summed E-state index contributed by atoms with van der Waals surface area (Å²) < 4.78 is 1.99. The summed E-state index contributed by atoms with van der Waals surface area (Å²) in [4.78, 5) is 2.35. The fourth-order valence-corrected chi connectivity index (χ4v) is 2.40. The van der Waals surface area contributed by atoms with Gasteiger partial charge in [-0.2, -0.15) is 5.10 Å². The smallest absolute Gasteiger partial charge is 0.0860 e. The first-order valence-corrected chi connectivity index (χ1v) is 7.14.